The molecule has 1 atom stereocenters. The molecule has 1 aromatic heterocycles. The average Bonchev–Trinajstić information content (AvgIpc) is 2.97. The highest BCUT2D eigenvalue weighted by molar-refractivity contribution is 5.92. The molecular formula is C15H22N4O. The molecule has 2 aliphatic heterocycles. The quantitative estimate of drug-likeness (QED) is 0.829. The molecule has 1 saturated carbocycles. The van der Waals surface area contributed by atoms with Gasteiger partial charge in [0.05, 0.1) is 12.5 Å². The van der Waals surface area contributed by atoms with E-state index in [1.54, 1.807) is 12.5 Å². The Kier molecular flexibility index (Phi) is 2.67. The van der Waals surface area contributed by atoms with Crippen LogP contribution >= 0.6 is 0 Å². The molecular weight excluding hydrogens is 252 g/mol. The Morgan fingerprint density at radius 2 is 2.20 bits per heavy atom. The molecule has 2 saturated heterocycles. The number of hydrogen-bond donors (Lipinski definition) is 0. The molecule has 1 unspecified atom stereocenters. The third-order valence-corrected chi connectivity index (χ3v) is 5.35. The molecule has 1 aliphatic carbocycles. The fraction of sp³-hybridized carbons (Fsp3) is 0.733. The second-order valence-corrected chi connectivity index (χ2v) is 6.73. The molecule has 1 spiro atoms. The van der Waals surface area contributed by atoms with Crippen molar-refractivity contribution in [2.24, 2.45) is 13.0 Å². The molecule has 108 valence electrons. The van der Waals surface area contributed by atoms with Crippen molar-refractivity contribution in [2.75, 3.05) is 26.2 Å². The van der Waals surface area contributed by atoms with Crippen LogP contribution in [0.2, 0.25) is 0 Å². The number of carbonyl (C=O) groups excluding carboxylic acids is 1. The van der Waals surface area contributed by atoms with Crippen LogP contribution in [-0.2, 0) is 7.05 Å². The van der Waals surface area contributed by atoms with Crippen molar-refractivity contribution in [3.63, 3.8) is 0 Å². The van der Waals surface area contributed by atoms with Crippen LogP contribution in [0.3, 0.4) is 0 Å². The first kappa shape index (κ1) is 12.4. The molecule has 20 heavy (non-hydrogen) atoms. The summed E-state index contributed by atoms with van der Waals surface area (Å²) in [4.78, 5) is 21.3. The lowest BCUT2D eigenvalue weighted by atomic mass is 9.83. The van der Waals surface area contributed by atoms with Crippen LogP contribution in [0.4, 0.5) is 0 Å². The van der Waals surface area contributed by atoms with Crippen molar-refractivity contribution < 1.29 is 4.79 Å². The van der Waals surface area contributed by atoms with Crippen LogP contribution < -0.4 is 0 Å². The average molecular weight is 274 g/mol. The van der Waals surface area contributed by atoms with Gasteiger partial charge in [-0.25, -0.2) is 4.98 Å². The van der Waals surface area contributed by atoms with Gasteiger partial charge in [-0.1, -0.05) is 0 Å². The van der Waals surface area contributed by atoms with E-state index in [-0.39, 0.29) is 5.91 Å². The van der Waals surface area contributed by atoms with Gasteiger partial charge in [-0.2, -0.15) is 0 Å². The van der Waals surface area contributed by atoms with Crippen LogP contribution in [0, 0.1) is 5.92 Å². The summed E-state index contributed by atoms with van der Waals surface area (Å²) in [6.45, 7) is 4.28. The summed E-state index contributed by atoms with van der Waals surface area (Å²) in [5, 5.41) is 0. The van der Waals surface area contributed by atoms with Gasteiger partial charge in [-0.15, -0.1) is 0 Å². The molecule has 3 fully saturated rings. The highest BCUT2D eigenvalue weighted by Gasteiger charge is 2.51. The molecule has 1 amide bonds. The molecule has 0 aromatic carbocycles. The van der Waals surface area contributed by atoms with Crippen molar-refractivity contribution >= 4 is 5.91 Å². The molecule has 5 heteroatoms. The lowest BCUT2D eigenvalue weighted by Gasteiger charge is -2.51. The van der Waals surface area contributed by atoms with E-state index in [0.717, 1.165) is 25.4 Å². The fourth-order valence-corrected chi connectivity index (χ4v) is 3.70. The Bertz CT molecular complexity index is 536. The number of amides is 1. The fourth-order valence-electron chi connectivity index (χ4n) is 3.70. The van der Waals surface area contributed by atoms with Gasteiger partial charge in [-0.05, 0) is 31.6 Å². The highest BCUT2D eigenvalue weighted by atomic mass is 16.2. The molecule has 0 radical (unpaired) electrons. The minimum Gasteiger partial charge on any atom is -0.335 e. The van der Waals surface area contributed by atoms with E-state index in [0.29, 0.717) is 11.2 Å². The number of rotatable bonds is 3. The highest BCUT2D eigenvalue weighted by Crippen LogP contribution is 2.42. The topological polar surface area (TPSA) is 41.4 Å². The normalized spacial score (nSPS) is 29.9. The van der Waals surface area contributed by atoms with Gasteiger partial charge < -0.3 is 9.47 Å². The van der Waals surface area contributed by atoms with Crippen LogP contribution in [-0.4, -0.2) is 57.0 Å². The van der Waals surface area contributed by atoms with E-state index in [9.17, 15) is 4.79 Å². The van der Waals surface area contributed by atoms with Crippen LogP contribution in [0.15, 0.2) is 12.5 Å². The number of aryl methyl sites for hydroxylation is 1. The Morgan fingerprint density at radius 3 is 2.80 bits per heavy atom. The zero-order chi connectivity index (χ0) is 13.7. The maximum Gasteiger partial charge on any atom is 0.272 e. The van der Waals surface area contributed by atoms with Crippen LogP contribution in [0.5, 0.6) is 0 Å². The molecule has 4 rings (SSSR count). The summed E-state index contributed by atoms with van der Waals surface area (Å²) in [5.41, 5.74) is 1.01. The Labute approximate surface area is 119 Å². The minimum atomic E-state index is 0.139. The number of hydrogen-bond acceptors (Lipinski definition) is 3. The van der Waals surface area contributed by atoms with Gasteiger partial charge in [0.2, 0.25) is 0 Å². The van der Waals surface area contributed by atoms with Crippen molar-refractivity contribution in [1.29, 1.82) is 0 Å². The van der Waals surface area contributed by atoms with Gasteiger partial charge in [0.15, 0.2) is 0 Å². The molecule has 5 nitrogen and oxygen atoms in total. The van der Waals surface area contributed by atoms with Crippen molar-refractivity contribution in [3.8, 4) is 0 Å². The van der Waals surface area contributed by atoms with E-state index in [4.69, 9.17) is 0 Å². The molecule has 3 aliphatic rings. The summed E-state index contributed by atoms with van der Waals surface area (Å²) in [5.74, 6) is 1.08. The first-order chi connectivity index (χ1) is 9.68. The molecule has 3 heterocycles. The second kappa shape index (κ2) is 4.32. The standard InChI is InChI=1S/C15H22N4O/c1-17-11-16-8-13(17)14(20)18-6-4-15(10-18)5-7-19(15)9-12-2-3-12/h8,11-12H,2-7,9-10H2,1H3. The number of imidazole rings is 1. The van der Waals surface area contributed by atoms with Gasteiger partial charge >= 0.3 is 0 Å². The summed E-state index contributed by atoms with van der Waals surface area (Å²) in [6.07, 6.45) is 8.59. The third kappa shape index (κ3) is 1.87. The summed E-state index contributed by atoms with van der Waals surface area (Å²) < 4.78 is 1.82. The lowest BCUT2D eigenvalue weighted by molar-refractivity contribution is -0.00937. The molecule has 0 N–H and O–H groups in total. The predicted octanol–water partition coefficient (Wildman–Crippen LogP) is 1.12. The Balaban J connectivity index is 1.45. The first-order valence-corrected chi connectivity index (χ1v) is 7.69. The number of aromatic nitrogens is 2. The minimum absolute atomic E-state index is 0.139. The smallest absolute Gasteiger partial charge is 0.272 e. The third-order valence-electron chi connectivity index (χ3n) is 5.35. The molecule has 0 bridgehead atoms. The molecule has 1 aromatic rings. The Morgan fingerprint density at radius 1 is 1.40 bits per heavy atom. The lowest BCUT2D eigenvalue weighted by Crippen LogP contribution is -2.61. The van der Waals surface area contributed by atoms with Gasteiger partial charge in [0, 0.05) is 38.8 Å². The maximum absolute atomic E-state index is 12.5. The largest absolute Gasteiger partial charge is 0.335 e. The zero-order valence-electron chi connectivity index (χ0n) is 12.1. The number of nitrogens with zero attached hydrogens (tertiary/aromatic N) is 4. The van der Waals surface area contributed by atoms with Gasteiger partial charge in [0.1, 0.15) is 5.69 Å². The van der Waals surface area contributed by atoms with Crippen molar-refractivity contribution in [1.82, 2.24) is 19.4 Å². The van der Waals surface area contributed by atoms with E-state index in [1.807, 2.05) is 16.5 Å². The monoisotopic (exact) mass is 274 g/mol. The van der Waals surface area contributed by atoms with E-state index in [1.165, 1.54) is 32.4 Å². The Hall–Kier alpha value is -1.36. The predicted molar refractivity (Wildman–Crippen MR) is 75.4 cm³/mol. The zero-order valence-corrected chi connectivity index (χ0v) is 12.1. The number of likely N-dealkylation sites (tertiary alicyclic amines) is 2. The van der Waals surface area contributed by atoms with Gasteiger partial charge in [-0.3, -0.25) is 9.69 Å². The summed E-state index contributed by atoms with van der Waals surface area (Å²) >= 11 is 0. The number of carbonyl (C=O) groups is 1. The second-order valence-electron chi connectivity index (χ2n) is 6.73. The van der Waals surface area contributed by atoms with Gasteiger partial charge in [0.25, 0.3) is 5.91 Å². The van der Waals surface area contributed by atoms with E-state index in [2.05, 4.69) is 9.88 Å². The summed E-state index contributed by atoms with van der Waals surface area (Å²) in [7, 11) is 1.88. The van der Waals surface area contributed by atoms with Crippen molar-refractivity contribution in [2.45, 2.75) is 31.2 Å². The SMILES string of the molecule is Cn1cncc1C(=O)N1CCC2(CCN2CC2CC2)C1. The van der Waals surface area contributed by atoms with Crippen LogP contribution in [0.1, 0.15) is 36.2 Å². The summed E-state index contributed by atoms with van der Waals surface area (Å²) in [6, 6.07) is 0. The van der Waals surface area contributed by atoms with Crippen LogP contribution in [0.25, 0.3) is 0 Å². The first-order valence-electron chi connectivity index (χ1n) is 7.69. The van der Waals surface area contributed by atoms with Crippen molar-refractivity contribution in [3.05, 3.63) is 18.2 Å². The van der Waals surface area contributed by atoms with E-state index >= 15 is 0 Å². The van der Waals surface area contributed by atoms with E-state index < -0.39 is 0 Å². The maximum atomic E-state index is 12.5.